The van der Waals surface area contributed by atoms with E-state index < -0.39 is 23.4 Å². The first-order valence-electron chi connectivity index (χ1n) is 9.30. The van der Waals surface area contributed by atoms with E-state index in [1.807, 2.05) is 0 Å². The van der Waals surface area contributed by atoms with E-state index in [1.165, 1.54) is 36.4 Å². The number of nitrogens with zero attached hydrogens (tertiary/aromatic N) is 1. The Bertz CT molecular complexity index is 737. The molecule has 2 aromatic carbocycles. The summed E-state index contributed by atoms with van der Waals surface area (Å²) in [5.74, 6) is -1.88. The molecule has 5 nitrogen and oxygen atoms in total. The normalized spacial score (nSPS) is 10.7. The van der Waals surface area contributed by atoms with Crippen molar-refractivity contribution in [3.8, 4) is 0 Å². The molecule has 0 aliphatic heterocycles. The van der Waals surface area contributed by atoms with Crippen molar-refractivity contribution in [2.45, 2.75) is 26.2 Å². The van der Waals surface area contributed by atoms with Gasteiger partial charge in [-0.15, -0.1) is 0 Å². The van der Waals surface area contributed by atoms with Gasteiger partial charge < -0.3 is 10.6 Å². The first-order chi connectivity index (χ1) is 13.5. The largest absolute Gasteiger partial charge is 0.322 e. The Hall–Kier alpha value is -2.80. The van der Waals surface area contributed by atoms with Gasteiger partial charge in [0.1, 0.15) is 11.6 Å². The third-order valence-corrected chi connectivity index (χ3v) is 4.11. The maximum atomic E-state index is 13.7. The number of hydrogen-bond donors (Lipinski definition) is 2. The van der Waals surface area contributed by atoms with Crippen LogP contribution >= 0.6 is 0 Å². The number of halogens is 2. The van der Waals surface area contributed by atoms with Crippen LogP contribution in [0.1, 0.15) is 26.2 Å². The van der Waals surface area contributed by atoms with Gasteiger partial charge >= 0.3 is 0 Å². The van der Waals surface area contributed by atoms with E-state index in [0.29, 0.717) is 6.54 Å². The molecule has 0 unspecified atom stereocenters. The van der Waals surface area contributed by atoms with Crippen molar-refractivity contribution in [3.63, 3.8) is 0 Å². The monoisotopic (exact) mass is 389 g/mol. The summed E-state index contributed by atoms with van der Waals surface area (Å²) in [4.78, 5) is 26.2. The van der Waals surface area contributed by atoms with Crippen LogP contribution < -0.4 is 10.6 Å². The third kappa shape index (κ3) is 7.08. The molecule has 0 fully saturated rings. The summed E-state index contributed by atoms with van der Waals surface area (Å²) >= 11 is 0. The molecule has 2 aromatic rings. The molecular weight excluding hydrogens is 364 g/mol. The Labute approximate surface area is 163 Å². The number of hydrogen-bond acceptors (Lipinski definition) is 3. The second kappa shape index (κ2) is 11.1. The van der Waals surface area contributed by atoms with E-state index in [-0.39, 0.29) is 24.5 Å². The smallest absolute Gasteiger partial charge is 0.238 e. The van der Waals surface area contributed by atoms with Gasteiger partial charge in [-0.1, -0.05) is 44.0 Å². The number of unbranched alkanes of at least 4 members (excludes halogenated alkanes) is 2. The number of rotatable bonds is 10. The number of benzene rings is 2. The fourth-order valence-corrected chi connectivity index (χ4v) is 2.71. The second-order valence-electron chi connectivity index (χ2n) is 6.47. The minimum atomic E-state index is -0.523. The predicted molar refractivity (Wildman–Crippen MR) is 106 cm³/mol. The van der Waals surface area contributed by atoms with Crippen LogP contribution in [-0.4, -0.2) is 36.3 Å². The van der Waals surface area contributed by atoms with Crippen LogP contribution in [0.3, 0.4) is 0 Å². The van der Waals surface area contributed by atoms with Gasteiger partial charge in [-0.05, 0) is 37.2 Å². The number of carbonyl (C=O) groups excluding carboxylic acids is 2. The fraction of sp³-hybridized carbons (Fsp3) is 0.333. The highest BCUT2D eigenvalue weighted by Gasteiger charge is 2.16. The lowest BCUT2D eigenvalue weighted by Gasteiger charge is -2.21. The van der Waals surface area contributed by atoms with Gasteiger partial charge in [0.25, 0.3) is 0 Å². The standard InChI is InChI=1S/C21H25F2N3O2/c1-2-3-8-13-26(14-20(27)24-18-11-6-4-9-16(18)22)15-21(28)25-19-12-7-5-10-17(19)23/h4-7,9-12H,2-3,8,13-15H2,1H3,(H,24,27)(H,25,28). The van der Waals surface area contributed by atoms with E-state index in [1.54, 1.807) is 17.0 Å². The van der Waals surface area contributed by atoms with Crippen LogP contribution in [-0.2, 0) is 9.59 Å². The van der Waals surface area contributed by atoms with Gasteiger partial charge in [0.15, 0.2) is 0 Å². The Balaban J connectivity index is 1.96. The molecule has 0 aromatic heterocycles. The zero-order valence-electron chi connectivity index (χ0n) is 15.9. The van der Waals surface area contributed by atoms with Crippen LogP contribution in [0.4, 0.5) is 20.2 Å². The molecule has 0 spiro atoms. The lowest BCUT2D eigenvalue weighted by Crippen LogP contribution is -2.39. The van der Waals surface area contributed by atoms with Gasteiger partial charge in [0, 0.05) is 0 Å². The zero-order chi connectivity index (χ0) is 20.4. The first kappa shape index (κ1) is 21.5. The fourth-order valence-electron chi connectivity index (χ4n) is 2.71. The molecule has 0 radical (unpaired) electrons. The quantitative estimate of drug-likeness (QED) is 0.603. The highest BCUT2D eigenvalue weighted by molar-refractivity contribution is 5.94. The number of amides is 2. The number of nitrogens with one attached hydrogen (secondary N) is 2. The molecule has 0 bridgehead atoms. The number of carbonyl (C=O) groups is 2. The molecule has 0 saturated heterocycles. The molecule has 0 aliphatic rings. The minimum Gasteiger partial charge on any atom is -0.322 e. The van der Waals surface area contributed by atoms with Crippen LogP contribution in [0.5, 0.6) is 0 Å². The van der Waals surface area contributed by atoms with Gasteiger partial charge in [-0.3, -0.25) is 14.5 Å². The zero-order valence-corrected chi connectivity index (χ0v) is 15.9. The van der Waals surface area contributed by atoms with E-state index >= 15 is 0 Å². The van der Waals surface area contributed by atoms with E-state index in [9.17, 15) is 18.4 Å². The highest BCUT2D eigenvalue weighted by atomic mass is 19.1. The average Bonchev–Trinajstić information content (AvgIpc) is 2.65. The molecular formula is C21H25F2N3O2. The summed E-state index contributed by atoms with van der Waals surface area (Å²) in [6, 6.07) is 11.8. The lowest BCUT2D eigenvalue weighted by atomic mass is 10.2. The summed E-state index contributed by atoms with van der Waals surface area (Å²) < 4.78 is 27.4. The van der Waals surface area contributed by atoms with Gasteiger partial charge in [0.05, 0.1) is 24.5 Å². The topological polar surface area (TPSA) is 61.4 Å². The van der Waals surface area contributed by atoms with Crippen LogP contribution in [0.15, 0.2) is 48.5 Å². The van der Waals surface area contributed by atoms with Crippen molar-refractivity contribution in [3.05, 3.63) is 60.2 Å². The molecule has 0 saturated carbocycles. The van der Waals surface area contributed by atoms with Gasteiger partial charge in [-0.2, -0.15) is 0 Å². The van der Waals surface area contributed by atoms with Crippen LogP contribution in [0.2, 0.25) is 0 Å². The van der Waals surface area contributed by atoms with E-state index in [2.05, 4.69) is 17.6 Å². The van der Waals surface area contributed by atoms with Crippen LogP contribution in [0, 0.1) is 11.6 Å². The van der Waals surface area contributed by atoms with E-state index in [4.69, 9.17) is 0 Å². The van der Waals surface area contributed by atoms with Crippen molar-refractivity contribution in [1.82, 2.24) is 4.90 Å². The molecule has 2 N–H and O–H groups in total. The molecule has 150 valence electrons. The van der Waals surface area contributed by atoms with Crippen molar-refractivity contribution < 1.29 is 18.4 Å². The Kier molecular flexibility index (Phi) is 8.55. The van der Waals surface area contributed by atoms with Crippen molar-refractivity contribution >= 4 is 23.2 Å². The summed E-state index contributed by atoms with van der Waals surface area (Å²) in [7, 11) is 0. The van der Waals surface area contributed by atoms with E-state index in [0.717, 1.165) is 19.3 Å². The first-order valence-corrected chi connectivity index (χ1v) is 9.30. The summed E-state index contributed by atoms with van der Waals surface area (Å²) in [6.45, 7) is 2.45. The third-order valence-electron chi connectivity index (χ3n) is 4.11. The summed E-state index contributed by atoms with van der Waals surface area (Å²) in [5.41, 5.74) is 0.189. The molecule has 2 amide bonds. The van der Waals surface area contributed by atoms with Gasteiger partial charge in [-0.25, -0.2) is 8.78 Å². The van der Waals surface area contributed by atoms with Crippen LogP contribution in [0.25, 0.3) is 0 Å². The highest BCUT2D eigenvalue weighted by Crippen LogP contribution is 2.13. The molecule has 0 aliphatic carbocycles. The average molecular weight is 389 g/mol. The Morgan fingerprint density at radius 1 is 0.821 bits per heavy atom. The molecule has 0 atom stereocenters. The predicted octanol–water partition coefficient (Wildman–Crippen LogP) is 4.03. The molecule has 28 heavy (non-hydrogen) atoms. The lowest BCUT2D eigenvalue weighted by molar-refractivity contribution is -0.120. The number of anilines is 2. The summed E-state index contributed by atoms with van der Waals surface area (Å²) in [5, 5.41) is 5.03. The molecule has 0 heterocycles. The Morgan fingerprint density at radius 2 is 1.29 bits per heavy atom. The maximum Gasteiger partial charge on any atom is 0.238 e. The summed E-state index contributed by atoms with van der Waals surface area (Å²) in [6.07, 6.45) is 2.77. The van der Waals surface area contributed by atoms with Crippen molar-refractivity contribution in [2.75, 3.05) is 30.3 Å². The number of para-hydroxylation sites is 2. The second-order valence-corrected chi connectivity index (χ2v) is 6.47. The molecule has 7 heteroatoms. The maximum absolute atomic E-state index is 13.7. The SMILES string of the molecule is CCCCCN(CC(=O)Nc1ccccc1F)CC(=O)Nc1ccccc1F. The minimum absolute atomic E-state index is 0.0667. The Morgan fingerprint density at radius 3 is 1.71 bits per heavy atom. The molecule has 2 rings (SSSR count). The van der Waals surface area contributed by atoms with Crippen molar-refractivity contribution in [1.29, 1.82) is 0 Å². The van der Waals surface area contributed by atoms with Gasteiger partial charge in [0.2, 0.25) is 11.8 Å². The van der Waals surface area contributed by atoms with Crippen molar-refractivity contribution in [2.24, 2.45) is 0 Å².